The second kappa shape index (κ2) is 11.3. The van der Waals surface area contributed by atoms with Crippen molar-refractivity contribution in [1.82, 2.24) is 4.90 Å². The Labute approximate surface area is 157 Å². The Morgan fingerprint density at radius 2 is 1.96 bits per heavy atom. The first-order valence-corrected chi connectivity index (χ1v) is 9.86. The molecule has 0 atom stereocenters. The third kappa shape index (κ3) is 8.55. The van der Waals surface area contributed by atoms with Gasteiger partial charge in [0, 0.05) is 11.6 Å². The van der Waals surface area contributed by atoms with Crippen LogP contribution in [0.3, 0.4) is 0 Å². The van der Waals surface area contributed by atoms with Crippen LogP contribution >= 0.6 is 11.6 Å². The fraction of sp³-hybridized carbons (Fsp3) is 0.571. The molecule has 1 fully saturated rings. The van der Waals surface area contributed by atoms with Crippen molar-refractivity contribution in [2.75, 3.05) is 26.2 Å². The normalized spacial score (nSPS) is 16.2. The molecule has 0 bridgehead atoms. The van der Waals surface area contributed by atoms with Gasteiger partial charge in [0.05, 0.1) is 5.71 Å². The molecule has 1 aliphatic heterocycles. The molecule has 25 heavy (non-hydrogen) atoms. The number of halogens is 1. The third-order valence-corrected chi connectivity index (χ3v) is 4.66. The van der Waals surface area contributed by atoms with Gasteiger partial charge in [-0.25, -0.2) is 0 Å². The smallest absolute Gasteiger partial charge is 0.118 e. The Bertz CT molecular complexity index is 546. The lowest BCUT2D eigenvalue weighted by molar-refractivity contribution is 0.132. The lowest BCUT2D eigenvalue weighted by atomic mass is 10.0. The zero-order valence-corrected chi connectivity index (χ0v) is 16.3. The molecule has 1 aromatic carbocycles. The summed E-state index contributed by atoms with van der Waals surface area (Å²) in [4.78, 5) is 8.09. The van der Waals surface area contributed by atoms with E-state index in [2.05, 4.69) is 36.1 Å². The van der Waals surface area contributed by atoms with E-state index in [4.69, 9.17) is 16.4 Å². The van der Waals surface area contributed by atoms with Crippen molar-refractivity contribution in [1.29, 1.82) is 0 Å². The monoisotopic (exact) mass is 362 g/mol. The summed E-state index contributed by atoms with van der Waals surface area (Å²) >= 11 is 5.93. The fourth-order valence-electron chi connectivity index (χ4n) is 2.85. The quantitative estimate of drug-likeness (QED) is 0.305. The van der Waals surface area contributed by atoms with Crippen LogP contribution in [0.1, 0.15) is 51.5 Å². The highest BCUT2D eigenvalue weighted by atomic mass is 35.5. The van der Waals surface area contributed by atoms with Crippen LogP contribution in [-0.2, 0) is 4.84 Å². The van der Waals surface area contributed by atoms with E-state index >= 15 is 0 Å². The van der Waals surface area contributed by atoms with Crippen molar-refractivity contribution >= 4 is 23.4 Å². The molecule has 0 unspecified atom stereocenters. The van der Waals surface area contributed by atoms with Gasteiger partial charge in [0.2, 0.25) is 0 Å². The van der Waals surface area contributed by atoms with Gasteiger partial charge in [-0.15, -0.1) is 0 Å². The van der Waals surface area contributed by atoms with Gasteiger partial charge < -0.3 is 9.74 Å². The van der Waals surface area contributed by atoms with Gasteiger partial charge >= 0.3 is 0 Å². The average molecular weight is 363 g/mol. The molecule has 0 aromatic heterocycles. The summed E-state index contributed by atoms with van der Waals surface area (Å²) in [5, 5.41) is 5.13. The van der Waals surface area contributed by atoms with Gasteiger partial charge in [-0.3, -0.25) is 0 Å². The van der Waals surface area contributed by atoms with Crippen LogP contribution in [0.4, 0.5) is 0 Å². The molecule has 0 spiro atoms. The minimum atomic E-state index is 0.657. The SMILES string of the molecule is CC(C)CCC(/C=C/c1ccc(Cl)cc1)=N\OCCCN1CCCC1. The molecule has 1 saturated heterocycles. The number of oxime groups is 1. The maximum atomic E-state index is 5.93. The van der Waals surface area contributed by atoms with E-state index in [0.29, 0.717) is 12.5 Å². The number of benzene rings is 1. The number of nitrogens with zero attached hydrogens (tertiary/aromatic N) is 2. The summed E-state index contributed by atoms with van der Waals surface area (Å²) < 4.78 is 0. The zero-order valence-electron chi connectivity index (χ0n) is 15.6. The predicted octanol–water partition coefficient (Wildman–Crippen LogP) is 5.65. The molecule has 2 rings (SSSR count). The van der Waals surface area contributed by atoms with E-state index in [1.807, 2.05) is 24.3 Å². The molecule has 3 nitrogen and oxygen atoms in total. The Morgan fingerprint density at radius 3 is 2.64 bits per heavy atom. The second-order valence-corrected chi connectivity index (χ2v) is 7.57. The molecule has 0 amide bonds. The van der Waals surface area contributed by atoms with Gasteiger partial charge in [0.15, 0.2) is 0 Å². The first kappa shape index (κ1) is 20.0. The Balaban J connectivity index is 1.81. The van der Waals surface area contributed by atoms with Crippen LogP contribution in [0.5, 0.6) is 0 Å². The second-order valence-electron chi connectivity index (χ2n) is 7.14. The maximum absolute atomic E-state index is 5.93. The van der Waals surface area contributed by atoms with E-state index < -0.39 is 0 Å². The van der Waals surface area contributed by atoms with Gasteiger partial charge in [-0.05, 0) is 74.9 Å². The lowest BCUT2D eigenvalue weighted by Gasteiger charge is -2.13. The zero-order chi connectivity index (χ0) is 17.9. The van der Waals surface area contributed by atoms with Crippen molar-refractivity contribution in [3.63, 3.8) is 0 Å². The van der Waals surface area contributed by atoms with E-state index in [0.717, 1.165) is 42.1 Å². The lowest BCUT2D eigenvalue weighted by Crippen LogP contribution is -2.21. The topological polar surface area (TPSA) is 24.8 Å². The summed E-state index contributed by atoms with van der Waals surface area (Å²) in [6.07, 6.45) is 9.91. The number of rotatable bonds is 10. The minimum absolute atomic E-state index is 0.657. The van der Waals surface area contributed by atoms with Crippen LogP contribution in [0.25, 0.3) is 6.08 Å². The Kier molecular flexibility index (Phi) is 9.06. The molecule has 4 heteroatoms. The molecular formula is C21H31ClN2O. The Hall–Kier alpha value is -1.32. The largest absolute Gasteiger partial charge is 0.396 e. The highest BCUT2D eigenvalue weighted by Crippen LogP contribution is 2.12. The summed E-state index contributed by atoms with van der Waals surface area (Å²) in [6, 6.07) is 7.83. The highest BCUT2D eigenvalue weighted by Gasteiger charge is 2.10. The standard InChI is InChI=1S/C21H31ClN2O/c1-18(2)6-12-21(13-9-19-7-10-20(22)11-8-19)23-25-17-5-16-24-14-3-4-15-24/h7-11,13,18H,3-6,12,14-17H2,1-2H3/b13-9+,23-21+. The van der Waals surface area contributed by atoms with Crippen LogP contribution in [0.15, 0.2) is 35.5 Å². The molecule has 0 N–H and O–H groups in total. The van der Waals surface area contributed by atoms with Gasteiger partial charge in [-0.2, -0.15) is 0 Å². The molecule has 1 heterocycles. The molecular weight excluding hydrogens is 332 g/mol. The van der Waals surface area contributed by atoms with Crippen molar-refractivity contribution in [2.45, 2.75) is 46.0 Å². The number of likely N-dealkylation sites (tertiary alicyclic amines) is 1. The van der Waals surface area contributed by atoms with E-state index in [1.54, 1.807) is 0 Å². The van der Waals surface area contributed by atoms with E-state index in [-0.39, 0.29) is 0 Å². The number of allylic oxidation sites excluding steroid dienone is 1. The highest BCUT2D eigenvalue weighted by molar-refractivity contribution is 6.30. The van der Waals surface area contributed by atoms with Crippen molar-refractivity contribution in [3.05, 3.63) is 40.9 Å². The van der Waals surface area contributed by atoms with Crippen LogP contribution in [0.2, 0.25) is 5.02 Å². The number of hydrogen-bond acceptors (Lipinski definition) is 3. The molecule has 0 radical (unpaired) electrons. The molecule has 0 aliphatic carbocycles. The van der Waals surface area contributed by atoms with E-state index in [9.17, 15) is 0 Å². The van der Waals surface area contributed by atoms with Gasteiger partial charge in [0.25, 0.3) is 0 Å². The molecule has 138 valence electrons. The first-order chi connectivity index (χ1) is 12.1. The molecule has 1 aliphatic rings. The van der Waals surface area contributed by atoms with Crippen LogP contribution in [0, 0.1) is 5.92 Å². The molecule has 1 aromatic rings. The summed E-state index contributed by atoms with van der Waals surface area (Å²) in [5.41, 5.74) is 2.13. The van der Waals surface area contributed by atoms with Crippen molar-refractivity contribution in [3.8, 4) is 0 Å². The maximum Gasteiger partial charge on any atom is 0.118 e. The van der Waals surface area contributed by atoms with Crippen molar-refractivity contribution in [2.24, 2.45) is 11.1 Å². The van der Waals surface area contributed by atoms with Crippen molar-refractivity contribution < 1.29 is 4.84 Å². The van der Waals surface area contributed by atoms with Crippen LogP contribution in [-0.4, -0.2) is 36.9 Å². The van der Waals surface area contributed by atoms with Gasteiger partial charge in [0.1, 0.15) is 6.61 Å². The summed E-state index contributed by atoms with van der Waals surface area (Å²) in [7, 11) is 0. The summed E-state index contributed by atoms with van der Waals surface area (Å²) in [5.74, 6) is 0.657. The fourth-order valence-corrected chi connectivity index (χ4v) is 2.98. The average Bonchev–Trinajstić information content (AvgIpc) is 3.11. The Morgan fingerprint density at radius 1 is 1.24 bits per heavy atom. The van der Waals surface area contributed by atoms with Crippen LogP contribution < -0.4 is 0 Å². The summed E-state index contributed by atoms with van der Waals surface area (Å²) in [6.45, 7) is 8.77. The third-order valence-electron chi connectivity index (χ3n) is 4.41. The minimum Gasteiger partial charge on any atom is -0.396 e. The van der Waals surface area contributed by atoms with E-state index in [1.165, 1.54) is 25.9 Å². The first-order valence-electron chi connectivity index (χ1n) is 9.48. The van der Waals surface area contributed by atoms with Gasteiger partial charge in [-0.1, -0.05) is 48.8 Å². The number of hydrogen-bond donors (Lipinski definition) is 0. The molecule has 0 saturated carbocycles. The predicted molar refractivity (Wildman–Crippen MR) is 108 cm³/mol.